The number of ether oxygens (including phenoxy) is 1. The Morgan fingerprint density at radius 3 is 2.50 bits per heavy atom. The maximum atomic E-state index is 5.90. The summed E-state index contributed by atoms with van der Waals surface area (Å²) in [5.74, 6) is 0. The van der Waals surface area contributed by atoms with Gasteiger partial charge in [0.2, 0.25) is 0 Å². The van der Waals surface area contributed by atoms with Crippen LogP contribution in [-0.4, -0.2) is 18.7 Å². The van der Waals surface area contributed by atoms with Gasteiger partial charge in [0.15, 0.2) is 0 Å². The molecule has 1 N–H and O–H groups in total. The Hall–Kier alpha value is -0.860. The van der Waals surface area contributed by atoms with Gasteiger partial charge in [0.05, 0.1) is 12.7 Å². The van der Waals surface area contributed by atoms with Crippen molar-refractivity contribution < 1.29 is 4.74 Å². The van der Waals surface area contributed by atoms with E-state index in [9.17, 15) is 0 Å². The number of benzene rings is 1. The Balaban J connectivity index is 2.11. The third-order valence-corrected chi connectivity index (χ3v) is 3.24. The standard InChI is InChI=1S/C14H21NO/c1-4-12-5-7-13(8-6-12)14-11(3)15-10(2)9-16-14/h5-8,10-11,14-15H,4,9H2,1-3H3. The quantitative estimate of drug-likeness (QED) is 0.825. The summed E-state index contributed by atoms with van der Waals surface area (Å²) in [4.78, 5) is 0. The number of nitrogens with one attached hydrogen (secondary N) is 1. The highest BCUT2D eigenvalue weighted by atomic mass is 16.5. The van der Waals surface area contributed by atoms with Crippen molar-refractivity contribution >= 4 is 0 Å². The van der Waals surface area contributed by atoms with E-state index in [0.29, 0.717) is 12.1 Å². The van der Waals surface area contributed by atoms with Crippen molar-refractivity contribution in [2.45, 2.75) is 45.4 Å². The highest BCUT2D eigenvalue weighted by molar-refractivity contribution is 5.25. The van der Waals surface area contributed by atoms with Gasteiger partial charge in [0, 0.05) is 12.1 Å². The van der Waals surface area contributed by atoms with Crippen molar-refractivity contribution in [1.82, 2.24) is 5.32 Å². The average Bonchev–Trinajstić information content (AvgIpc) is 2.29. The van der Waals surface area contributed by atoms with Crippen LogP contribution >= 0.6 is 0 Å². The number of hydrogen-bond acceptors (Lipinski definition) is 2. The van der Waals surface area contributed by atoms with Gasteiger partial charge >= 0.3 is 0 Å². The first kappa shape index (κ1) is 11.6. The first-order chi connectivity index (χ1) is 7.70. The monoisotopic (exact) mass is 219 g/mol. The number of hydrogen-bond donors (Lipinski definition) is 1. The van der Waals surface area contributed by atoms with E-state index in [1.54, 1.807) is 0 Å². The molecule has 1 heterocycles. The highest BCUT2D eigenvalue weighted by Crippen LogP contribution is 2.25. The van der Waals surface area contributed by atoms with Gasteiger partial charge in [0.25, 0.3) is 0 Å². The van der Waals surface area contributed by atoms with Gasteiger partial charge < -0.3 is 10.1 Å². The average molecular weight is 219 g/mol. The van der Waals surface area contributed by atoms with E-state index in [2.05, 4.69) is 50.4 Å². The van der Waals surface area contributed by atoms with Crippen LogP contribution in [0, 0.1) is 0 Å². The molecule has 1 saturated heterocycles. The molecule has 0 saturated carbocycles. The highest BCUT2D eigenvalue weighted by Gasteiger charge is 2.26. The van der Waals surface area contributed by atoms with Gasteiger partial charge in [-0.3, -0.25) is 0 Å². The molecule has 2 heteroatoms. The Morgan fingerprint density at radius 2 is 1.94 bits per heavy atom. The molecule has 3 atom stereocenters. The first-order valence-electron chi connectivity index (χ1n) is 6.17. The molecule has 1 aromatic carbocycles. The van der Waals surface area contributed by atoms with Crippen LogP contribution in [0.5, 0.6) is 0 Å². The third kappa shape index (κ3) is 2.45. The molecular weight excluding hydrogens is 198 g/mol. The van der Waals surface area contributed by atoms with Crippen LogP contribution in [-0.2, 0) is 11.2 Å². The van der Waals surface area contributed by atoms with E-state index < -0.39 is 0 Å². The second-order valence-electron chi connectivity index (χ2n) is 4.71. The SMILES string of the molecule is CCc1ccc(C2OCC(C)NC2C)cc1. The van der Waals surface area contributed by atoms with E-state index in [0.717, 1.165) is 13.0 Å². The summed E-state index contributed by atoms with van der Waals surface area (Å²) in [6, 6.07) is 9.62. The van der Waals surface area contributed by atoms with Gasteiger partial charge in [-0.05, 0) is 31.4 Å². The largest absolute Gasteiger partial charge is 0.370 e. The van der Waals surface area contributed by atoms with Crippen molar-refractivity contribution in [3.05, 3.63) is 35.4 Å². The Bertz CT molecular complexity index is 333. The van der Waals surface area contributed by atoms with Crippen LogP contribution < -0.4 is 5.32 Å². The molecule has 1 fully saturated rings. The summed E-state index contributed by atoms with van der Waals surface area (Å²) < 4.78 is 5.90. The second kappa shape index (κ2) is 4.98. The summed E-state index contributed by atoms with van der Waals surface area (Å²) in [5, 5.41) is 3.53. The summed E-state index contributed by atoms with van der Waals surface area (Å²) >= 11 is 0. The van der Waals surface area contributed by atoms with Crippen molar-refractivity contribution in [1.29, 1.82) is 0 Å². The summed E-state index contributed by atoms with van der Waals surface area (Å²) in [6.45, 7) is 7.32. The van der Waals surface area contributed by atoms with E-state index in [4.69, 9.17) is 4.74 Å². The zero-order chi connectivity index (χ0) is 11.5. The van der Waals surface area contributed by atoms with Crippen LogP contribution in [0.2, 0.25) is 0 Å². The van der Waals surface area contributed by atoms with Crippen LogP contribution in [0.4, 0.5) is 0 Å². The van der Waals surface area contributed by atoms with Crippen molar-refractivity contribution in [2.75, 3.05) is 6.61 Å². The van der Waals surface area contributed by atoms with Crippen LogP contribution in [0.15, 0.2) is 24.3 Å². The molecule has 0 radical (unpaired) electrons. The van der Waals surface area contributed by atoms with Crippen molar-refractivity contribution in [3.8, 4) is 0 Å². The lowest BCUT2D eigenvalue weighted by Gasteiger charge is -2.34. The lowest BCUT2D eigenvalue weighted by Crippen LogP contribution is -2.47. The lowest BCUT2D eigenvalue weighted by atomic mass is 9.99. The Morgan fingerprint density at radius 1 is 1.25 bits per heavy atom. The predicted octanol–water partition coefficient (Wildman–Crippen LogP) is 2.69. The molecule has 0 aliphatic carbocycles. The van der Waals surface area contributed by atoms with Crippen molar-refractivity contribution in [3.63, 3.8) is 0 Å². The molecule has 3 unspecified atom stereocenters. The van der Waals surface area contributed by atoms with Gasteiger partial charge in [-0.2, -0.15) is 0 Å². The molecule has 0 spiro atoms. The first-order valence-corrected chi connectivity index (χ1v) is 6.17. The Labute approximate surface area is 98.0 Å². The molecule has 16 heavy (non-hydrogen) atoms. The van der Waals surface area contributed by atoms with E-state index >= 15 is 0 Å². The van der Waals surface area contributed by atoms with Gasteiger partial charge in [-0.15, -0.1) is 0 Å². The Kier molecular flexibility index (Phi) is 3.62. The van der Waals surface area contributed by atoms with Crippen molar-refractivity contribution in [2.24, 2.45) is 0 Å². The zero-order valence-electron chi connectivity index (χ0n) is 10.4. The van der Waals surface area contributed by atoms with Gasteiger partial charge in [-0.1, -0.05) is 31.2 Å². The fraction of sp³-hybridized carbons (Fsp3) is 0.571. The lowest BCUT2D eigenvalue weighted by molar-refractivity contribution is -0.0207. The molecule has 1 aliphatic heterocycles. The smallest absolute Gasteiger partial charge is 0.0975 e. The number of rotatable bonds is 2. The van der Waals surface area contributed by atoms with Gasteiger partial charge in [-0.25, -0.2) is 0 Å². The van der Waals surface area contributed by atoms with E-state index in [1.165, 1.54) is 11.1 Å². The molecule has 88 valence electrons. The third-order valence-electron chi connectivity index (χ3n) is 3.24. The summed E-state index contributed by atoms with van der Waals surface area (Å²) in [6.07, 6.45) is 1.29. The minimum absolute atomic E-state index is 0.196. The molecule has 2 nitrogen and oxygen atoms in total. The van der Waals surface area contributed by atoms with Crippen LogP contribution in [0.1, 0.15) is 38.0 Å². The fourth-order valence-electron chi connectivity index (χ4n) is 2.30. The van der Waals surface area contributed by atoms with Gasteiger partial charge in [0.1, 0.15) is 0 Å². The second-order valence-corrected chi connectivity index (χ2v) is 4.71. The van der Waals surface area contributed by atoms with Crippen LogP contribution in [0.3, 0.4) is 0 Å². The molecule has 0 amide bonds. The summed E-state index contributed by atoms with van der Waals surface area (Å²) in [5.41, 5.74) is 2.66. The molecule has 1 aromatic rings. The number of morpholine rings is 1. The zero-order valence-corrected chi connectivity index (χ0v) is 10.4. The normalized spacial score (nSPS) is 30.3. The predicted molar refractivity (Wildman–Crippen MR) is 66.6 cm³/mol. The van der Waals surface area contributed by atoms with E-state index in [1.807, 2.05) is 0 Å². The molecule has 2 rings (SSSR count). The fourth-order valence-corrected chi connectivity index (χ4v) is 2.30. The van der Waals surface area contributed by atoms with E-state index in [-0.39, 0.29) is 6.10 Å². The minimum Gasteiger partial charge on any atom is -0.370 e. The molecule has 1 aliphatic rings. The topological polar surface area (TPSA) is 21.3 Å². The summed E-state index contributed by atoms with van der Waals surface area (Å²) in [7, 11) is 0. The molecule has 0 aromatic heterocycles. The minimum atomic E-state index is 0.196. The van der Waals surface area contributed by atoms with Crippen LogP contribution in [0.25, 0.3) is 0 Å². The maximum absolute atomic E-state index is 5.90. The molecule has 0 bridgehead atoms. The molecular formula is C14H21NO. The number of aryl methyl sites for hydroxylation is 1. The maximum Gasteiger partial charge on any atom is 0.0975 e.